The number of nitrogens with zero attached hydrogens (tertiary/aromatic N) is 3. The molecule has 1 amide bonds. The van der Waals surface area contributed by atoms with Gasteiger partial charge in [0.25, 0.3) is 5.91 Å². The molecule has 6 nitrogen and oxygen atoms in total. The Kier molecular flexibility index (Phi) is 3.74. The van der Waals surface area contributed by atoms with Crippen LogP contribution in [0, 0.1) is 6.92 Å². The van der Waals surface area contributed by atoms with Crippen molar-refractivity contribution in [3.05, 3.63) is 59.5 Å². The number of benzene rings is 1. The normalized spacial score (nSPS) is 10.6. The number of carbonyl (C=O) groups is 1. The third kappa shape index (κ3) is 2.90. The highest BCUT2D eigenvalue weighted by Crippen LogP contribution is 2.19. The predicted molar refractivity (Wildman–Crippen MR) is 81.1 cm³/mol. The van der Waals surface area contributed by atoms with Gasteiger partial charge in [0.2, 0.25) is 0 Å². The summed E-state index contributed by atoms with van der Waals surface area (Å²) in [6.07, 6.45) is 0. The van der Waals surface area contributed by atoms with Crippen molar-refractivity contribution in [2.24, 2.45) is 7.05 Å². The van der Waals surface area contributed by atoms with Crippen LogP contribution in [0.2, 0.25) is 0 Å². The number of hydrogen-bond acceptors (Lipinski definition) is 4. The van der Waals surface area contributed by atoms with Crippen LogP contribution >= 0.6 is 0 Å². The van der Waals surface area contributed by atoms with E-state index >= 15 is 0 Å². The van der Waals surface area contributed by atoms with Crippen LogP contribution in [-0.4, -0.2) is 20.8 Å². The molecule has 2 heterocycles. The second kappa shape index (κ2) is 5.85. The standard InChI is InChI=1S/C16H16N4O2/c1-11-8-13(18-20(11)2)10-17-16(21)14-9-15(22-19-14)12-6-4-3-5-7-12/h3-9H,10H2,1-2H3,(H,17,21). The van der Waals surface area contributed by atoms with Crippen LogP contribution in [0.1, 0.15) is 21.9 Å². The van der Waals surface area contributed by atoms with E-state index < -0.39 is 0 Å². The topological polar surface area (TPSA) is 73.0 Å². The molecule has 0 fully saturated rings. The summed E-state index contributed by atoms with van der Waals surface area (Å²) in [7, 11) is 1.87. The first kappa shape index (κ1) is 14.1. The second-order valence-corrected chi connectivity index (χ2v) is 5.03. The van der Waals surface area contributed by atoms with Crippen LogP contribution in [0.4, 0.5) is 0 Å². The van der Waals surface area contributed by atoms with Gasteiger partial charge < -0.3 is 9.84 Å². The van der Waals surface area contributed by atoms with E-state index in [1.165, 1.54) is 0 Å². The molecule has 1 N–H and O–H groups in total. The molecule has 3 aromatic rings. The quantitative estimate of drug-likeness (QED) is 0.802. The molecule has 112 valence electrons. The second-order valence-electron chi connectivity index (χ2n) is 5.03. The number of aryl methyl sites for hydroxylation is 2. The summed E-state index contributed by atoms with van der Waals surface area (Å²) in [5.74, 6) is 0.286. The Morgan fingerprint density at radius 3 is 2.73 bits per heavy atom. The Balaban J connectivity index is 1.67. The molecule has 0 aliphatic carbocycles. The van der Waals surface area contributed by atoms with Crippen LogP contribution in [0.3, 0.4) is 0 Å². The van der Waals surface area contributed by atoms with Gasteiger partial charge >= 0.3 is 0 Å². The molecular weight excluding hydrogens is 280 g/mol. The monoisotopic (exact) mass is 296 g/mol. The summed E-state index contributed by atoms with van der Waals surface area (Å²) in [5.41, 5.74) is 2.98. The van der Waals surface area contributed by atoms with Gasteiger partial charge in [-0.25, -0.2) is 0 Å². The van der Waals surface area contributed by atoms with Crippen molar-refractivity contribution >= 4 is 5.91 Å². The fourth-order valence-corrected chi connectivity index (χ4v) is 2.10. The van der Waals surface area contributed by atoms with Crippen molar-refractivity contribution in [3.8, 4) is 11.3 Å². The van der Waals surface area contributed by atoms with Gasteiger partial charge in [-0.15, -0.1) is 0 Å². The summed E-state index contributed by atoms with van der Waals surface area (Å²) in [5, 5.41) is 10.9. The Labute approximate surface area is 127 Å². The molecule has 0 unspecified atom stereocenters. The Morgan fingerprint density at radius 1 is 1.27 bits per heavy atom. The zero-order valence-corrected chi connectivity index (χ0v) is 12.4. The van der Waals surface area contributed by atoms with E-state index in [0.717, 1.165) is 17.0 Å². The molecular formula is C16H16N4O2. The van der Waals surface area contributed by atoms with Gasteiger partial charge in [0.05, 0.1) is 12.2 Å². The highest BCUT2D eigenvalue weighted by Gasteiger charge is 2.14. The van der Waals surface area contributed by atoms with Gasteiger partial charge in [-0.05, 0) is 13.0 Å². The van der Waals surface area contributed by atoms with Crippen molar-refractivity contribution in [2.45, 2.75) is 13.5 Å². The van der Waals surface area contributed by atoms with E-state index in [-0.39, 0.29) is 11.6 Å². The molecule has 3 rings (SSSR count). The molecule has 1 aromatic carbocycles. The van der Waals surface area contributed by atoms with Gasteiger partial charge in [-0.3, -0.25) is 9.48 Å². The van der Waals surface area contributed by atoms with Crippen molar-refractivity contribution in [1.82, 2.24) is 20.3 Å². The molecule has 0 aliphatic heterocycles. The number of carbonyl (C=O) groups excluding carboxylic acids is 1. The highest BCUT2D eigenvalue weighted by molar-refractivity contribution is 5.93. The predicted octanol–water partition coefficient (Wildman–Crippen LogP) is 2.31. The van der Waals surface area contributed by atoms with Crippen LogP contribution in [-0.2, 0) is 13.6 Å². The molecule has 6 heteroatoms. The lowest BCUT2D eigenvalue weighted by atomic mass is 10.1. The van der Waals surface area contributed by atoms with E-state index in [4.69, 9.17) is 4.52 Å². The molecule has 0 radical (unpaired) electrons. The molecule has 0 saturated carbocycles. The fraction of sp³-hybridized carbons (Fsp3) is 0.188. The van der Waals surface area contributed by atoms with E-state index in [1.54, 1.807) is 10.7 Å². The maximum atomic E-state index is 12.1. The van der Waals surface area contributed by atoms with Crippen molar-refractivity contribution in [3.63, 3.8) is 0 Å². The fourth-order valence-electron chi connectivity index (χ4n) is 2.10. The van der Waals surface area contributed by atoms with Crippen molar-refractivity contribution in [2.75, 3.05) is 0 Å². The summed E-state index contributed by atoms with van der Waals surface area (Å²) >= 11 is 0. The lowest BCUT2D eigenvalue weighted by Gasteiger charge is -1.98. The van der Waals surface area contributed by atoms with E-state index in [1.807, 2.05) is 50.4 Å². The molecule has 2 aromatic heterocycles. The average molecular weight is 296 g/mol. The first-order chi connectivity index (χ1) is 10.6. The summed E-state index contributed by atoms with van der Waals surface area (Å²) < 4.78 is 6.99. The average Bonchev–Trinajstić information content (AvgIpc) is 3.14. The minimum absolute atomic E-state index is 0.256. The molecule has 0 spiro atoms. The van der Waals surface area contributed by atoms with Gasteiger partial charge in [0.15, 0.2) is 11.5 Å². The summed E-state index contributed by atoms with van der Waals surface area (Å²) in [4.78, 5) is 12.1. The SMILES string of the molecule is Cc1cc(CNC(=O)c2cc(-c3ccccc3)on2)nn1C. The maximum Gasteiger partial charge on any atom is 0.273 e. The Bertz CT molecular complexity index is 770. The number of nitrogens with one attached hydrogen (secondary N) is 1. The third-order valence-corrected chi connectivity index (χ3v) is 3.40. The largest absolute Gasteiger partial charge is 0.355 e. The smallest absolute Gasteiger partial charge is 0.273 e. The number of hydrogen-bond donors (Lipinski definition) is 1. The molecule has 0 bridgehead atoms. The van der Waals surface area contributed by atoms with Gasteiger partial charge in [0.1, 0.15) is 0 Å². The molecule has 0 atom stereocenters. The number of aromatic nitrogens is 3. The van der Waals surface area contributed by atoms with E-state index in [9.17, 15) is 4.79 Å². The number of rotatable bonds is 4. The number of amides is 1. The van der Waals surface area contributed by atoms with Crippen LogP contribution in [0.15, 0.2) is 47.0 Å². The Morgan fingerprint density at radius 2 is 2.05 bits per heavy atom. The van der Waals surface area contributed by atoms with Crippen LogP contribution < -0.4 is 5.32 Å². The van der Waals surface area contributed by atoms with Crippen molar-refractivity contribution < 1.29 is 9.32 Å². The molecule has 22 heavy (non-hydrogen) atoms. The zero-order valence-electron chi connectivity index (χ0n) is 12.4. The van der Waals surface area contributed by atoms with Gasteiger partial charge in [-0.2, -0.15) is 5.10 Å². The lowest BCUT2D eigenvalue weighted by molar-refractivity contribution is 0.0941. The van der Waals surface area contributed by atoms with Gasteiger partial charge in [-0.1, -0.05) is 35.5 Å². The molecule has 0 aliphatic rings. The minimum Gasteiger partial charge on any atom is -0.355 e. The van der Waals surface area contributed by atoms with Crippen molar-refractivity contribution in [1.29, 1.82) is 0 Å². The lowest BCUT2D eigenvalue weighted by Crippen LogP contribution is -2.23. The van der Waals surface area contributed by atoms with Crippen LogP contribution in [0.25, 0.3) is 11.3 Å². The molecule has 0 saturated heterocycles. The van der Waals surface area contributed by atoms with E-state index in [0.29, 0.717) is 12.3 Å². The zero-order chi connectivity index (χ0) is 15.5. The first-order valence-corrected chi connectivity index (χ1v) is 6.93. The maximum absolute atomic E-state index is 12.1. The minimum atomic E-state index is -0.283. The summed E-state index contributed by atoms with van der Waals surface area (Å²) in [6, 6.07) is 13.1. The van der Waals surface area contributed by atoms with Gasteiger partial charge in [0, 0.05) is 24.4 Å². The Hall–Kier alpha value is -2.89. The van der Waals surface area contributed by atoms with Crippen LogP contribution in [0.5, 0.6) is 0 Å². The third-order valence-electron chi connectivity index (χ3n) is 3.40. The highest BCUT2D eigenvalue weighted by atomic mass is 16.5. The summed E-state index contributed by atoms with van der Waals surface area (Å²) in [6.45, 7) is 2.32. The first-order valence-electron chi connectivity index (χ1n) is 6.93. The van der Waals surface area contributed by atoms with E-state index in [2.05, 4.69) is 15.6 Å².